The summed E-state index contributed by atoms with van der Waals surface area (Å²) in [5.41, 5.74) is 3.06. The van der Waals surface area contributed by atoms with E-state index in [1.165, 1.54) is 0 Å². The topological polar surface area (TPSA) is 71.3 Å². The van der Waals surface area contributed by atoms with E-state index in [1.54, 1.807) is 35.2 Å². The largest absolute Gasteiger partial charge is 0.334 e. The van der Waals surface area contributed by atoms with Gasteiger partial charge in [0.05, 0.1) is 11.6 Å². The normalized spacial score (nSPS) is 16.6. The van der Waals surface area contributed by atoms with Gasteiger partial charge in [-0.2, -0.15) is 4.98 Å². The number of benzene rings is 2. The molecule has 2 aromatic carbocycles. The smallest absolute Gasteiger partial charge is 0.322 e. The third-order valence-corrected chi connectivity index (χ3v) is 5.37. The molecular weight excluding hydrogens is 423 g/mol. The summed E-state index contributed by atoms with van der Waals surface area (Å²) in [6.07, 6.45) is 1.66. The number of amides is 2. The van der Waals surface area contributed by atoms with Crippen LogP contribution in [-0.4, -0.2) is 27.6 Å². The molecule has 1 aromatic heterocycles. The first-order valence-corrected chi connectivity index (χ1v) is 9.98. The molecule has 8 heteroatoms. The minimum atomic E-state index is -0.464. The molecule has 3 aromatic rings. The summed E-state index contributed by atoms with van der Waals surface area (Å²) in [5, 5.41) is 8.37. The first kappa shape index (κ1) is 20.2. The summed E-state index contributed by atoms with van der Waals surface area (Å²) in [7, 11) is 0. The molecular formula is C22H18Cl2N4O2. The van der Waals surface area contributed by atoms with Gasteiger partial charge in [0.15, 0.2) is 0 Å². The Morgan fingerprint density at radius 1 is 1.13 bits per heavy atom. The van der Waals surface area contributed by atoms with Crippen molar-refractivity contribution in [3.63, 3.8) is 0 Å². The van der Waals surface area contributed by atoms with Crippen LogP contribution in [0.25, 0.3) is 17.0 Å². The van der Waals surface area contributed by atoms with Crippen molar-refractivity contribution in [3.05, 3.63) is 88.4 Å². The lowest BCUT2D eigenvalue weighted by Crippen LogP contribution is -2.46. The molecule has 0 spiro atoms. The highest BCUT2D eigenvalue weighted by molar-refractivity contribution is 6.30. The Morgan fingerprint density at radius 3 is 2.40 bits per heavy atom. The molecule has 0 fully saturated rings. The third-order valence-electron chi connectivity index (χ3n) is 4.87. The van der Waals surface area contributed by atoms with E-state index in [4.69, 9.17) is 27.7 Å². The van der Waals surface area contributed by atoms with Crippen molar-refractivity contribution in [1.29, 1.82) is 0 Å². The second kappa shape index (κ2) is 8.34. The standard InChI is InChI=1S/C22H18Cl2N4O2/c1-3-12-28-13(2)18(19(25-22(28)29)14-4-8-16(23)9-5-14)21-26-20(27-30-21)15-6-10-17(24)11-7-15/h3-11,19H,1,12H2,2H3,(H,25,29). The summed E-state index contributed by atoms with van der Waals surface area (Å²) < 4.78 is 5.61. The highest BCUT2D eigenvalue weighted by Crippen LogP contribution is 2.37. The monoisotopic (exact) mass is 440 g/mol. The predicted molar refractivity (Wildman–Crippen MR) is 117 cm³/mol. The van der Waals surface area contributed by atoms with E-state index in [0.29, 0.717) is 39.6 Å². The molecule has 30 heavy (non-hydrogen) atoms. The minimum absolute atomic E-state index is 0.228. The molecule has 1 aliphatic heterocycles. The number of carbonyl (C=O) groups excluding carboxylic acids is 1. The lowest BCUT2D eigenvalue weighted by molar-refractivity contribution is 0.209. The number of nitrogens with one attached hydrogen (secondary N) is 1. The summed E-state index contributed by atoms with van der Waals surface area (Å²) in [6.45, 7) is 5.95. The van der Waals surface area contributed by atoms with Crippen LogP contribution in [-0.2, 0) is 0 Å². The summed E-state index contributed by atoms with van der Waals surface area (Å²) in [5.74, 6) is 0.760. The molecule has 0 saturated heterocycles. The van der Waals surface area contributed by atoms with Crippen molar-refractivity contribution in [2.45, 2.75) is 13.0 Å². The second-order valence-corrected chi connectivity index (χ2v) is 7.64. The molecule has 4 rings (SSSR count). The summed E-state index contributed by atoms with van der Waals surface area (Å²) in [6, 6.07) is 13.8. The number of aromatic nitrogens is 2. The van der Waals surface area contributed by atoms with Crippen LogP contribution < -0.4 is 5.32 Å². The summed E-state index contributed by atoms with van der Waals surface area (Å²) in [4.78, 5) is 18.9. The van der Waals surface area contributed by atoms with Crippen LogP contribution in [0.3, 0.4) is 0 Å². The zero-order chi connectivity index (χ0) is 21.3. The number of nitrogens with zero attached hydrogens (tertiary/aromatic N) is 3. The lowest BCUT2D eigenvalue weighted by Gasteiger charge is -2.34. The molecule has 0 aliphatic carbocycles. The van der Waals surface area contributed by atoms with Gasteiger partial charge in [0, 0.05) is 27.9 Å². The number of hydrogen-bond acceptors (Lipinski definition) is 4. The van der Waals surface area contributed by atoms with E-state index in [1.807, 2.05) is 31.2 Å². The Bertz CT molecular complexity index is 1120. The molecule has 1 atom stereocenters. The van der Waals surface area contributed by atoms with Crippen LogP contribution in [0.4, 0.5) is 4.79 Å². The van der Waals surface area contributed by atoms with Crippen LogP contribution >= 0.6 is 23.2 Å². The molecule has 6 nitrogen and oxygen atoms in total. The molecule has 0 saturated carbocycles. The number of halogens is 2. The van der Waals surface area contributed by atoms with E-state index in [-0.39, 0.29) is 6.03 Å². The van der Waals surface area contributed by atoms with Crippen molar-refractivity contribution in [2.75, 3.05) is 6.54 Å². The highest BCUT2D eigenvalue weighted by atomic mass is 35.5. The first-order valence-electron chi connectivity index (χ1n) is 9.23. The van der Waals surface area contributed by atoms with Crippen molar-refractivity contribution >= 4 is 34.8 Å². The molecule has 152 valence electrons. The maximum Gasteiger partial charge on any atom is 0.322 e. The lowest BCUT2D eigenvalue weighted by atomic mass is 9.94. The second-order valence-electron chi connectivity index (χ2n) is 6.76. The number of urea groups is 1. The quantitative estimate of drug-likeness (QED) is 0.514. The van der Waals surface area contributed by atoms with E-state index >= 15 is 0 Å². The van der Waals surface area contributed by atoms with Gasteiger partial charge >= 0.3 is 6.03 Å². The van der Waals surface area contributed by atoms with Crippen molar-refractivity contribution in [3.8, 4) is 11.4 Å². The van der Waals surface area contributed by atoms with E-state index < -0.39 is 6.04 Å². The Balaban J connectivity index is 1.81. The van der Waals surface area contributed by atoms with Crippen molar-refractivity contribution in [1.82, 2.24) is 20.4 Å². The molecule has 1 unspecified atom stereocenters. The molecule has 2 heterocycles. The van der Waals surface area contributed by atoms with Gasteiger partial charge in [-0.25, -0.2) is 4.79 Å². The zero-order valence-corrected chi connectivity index (χ0v) is 17.6. The maximum absolute atomic E-state index is 12.7. The highest BCUT2D eigenvalue weighted by Gasteiger charge is 2.35. The van der Waals surface area contributed by atoms with E-state index in [9.17, 15) is 4.79 Å². The fraction of sp³-hybridized carbons (Fsp3) is 0.136. The fourth-order valence-electron chi connectivity index (χ4n) is 3.36. The van der Waals surface area contributed by atoms with Gasteiger partial charge in [-0.05, 0) is 48.9 Å². The minimum Gasteiger partial charge on any atom is -0.334 e. The summed E-state index contributed by atoms with van der Waals surface area (Å²) >= 11 is 12.0. The molecule has 0 bridgehead atoms. The molecule has 1 aliphatic rings. The van der Waals surface area contributed by atoms with Crippen LogP contribution in [0.15, 0.2) is 71.4 Å². The van der Waals surface area contributed by atoms with Crippen LogP contribution in [0, 0.1) is 0 Å². The Kier molecular flexibility index (Phi) is 5.61. The number of carbonyl (C=O) groups is 1. The average Bonchev–Trinajstić information content (AvgIpc) is 3.21. The van der Waals surface area contributed by atoms with Crippen LogP contribution in [0.5, 0.6) is 0 Å². The van der Waals surface area contributed by atoms with Crippen LogP contribution in [0.2, 0.25) is 10.0 Å². The number of allylic oxidation sites excluding steroid dienone is 1. The number of rotatable bonds is 5. The maximum atomic E-state index is 12.7. The van der Waals surface area contributed by atoms with Gasteiger partial charge in [-0.3, -0.25) is 4.90 Å². The van der Waals surface area contributed by atoms with E-state index in [0.717, 1.165) is 11.1 Å². The van der Waals surface area contributed by atoms with Gasteiger partial charge < -0.3 is 9.84 Å². The third kappa shape index (κ3) is 3.84. The van der Waals surface area contributed by atoms with Crippen LogP contribution in [0.1, 0.15) is 24.4 Å². The fourth-order valence-corrected chi connectivity index (χ4v) is 3.61. The molecule has 0 radical (unpaired) electrons. The van der Waals surface area contributed by atoms with Gasteiger partial charge in [0.25, 0.3) is 5.89 Å². The average molecular weight is 441 g/mol. The Morgan fingerprint density at radius 2 is 1.77 bits per heavy atom. The predicted octanol–water partition coefficient (Wildman–Crippen LogP) is 5.73. The molecule has 1 N–H and O–H groups in total. The Hall–Kier alpha value is -3.09. The first-order chi connectivity index (χ1) is 14.5. The van der Waals surface area contributed by atoms with Gasteiger partial charge in [0.2, 0.25) is 5.82 Å². The Labute approximate surface area is 183 Å². The SMILES string of the molecule is C=CCN1C(=O)NC(c2ccc(Cl)cc2)C(c2nc(-c3ccc(Cl)cc3)no2)=C1C. The van der Waals surface area contributed by atoms with Gasteiger partial charge in [-0.1, -0.05) is 46.6 Å². The van der Waals surface area contributed by atoms with Crippen molar-refractivity contribution < 1.29 is 9.32 Å². The van der Waals surface area contributed by atoms with E-state index in [2.05, 4.69) is 22.0 Å². The molecule has 2 amide bonds. The zero-order valence-electron chi connectivity index (χ0n) is 16.1. The van der Waals surface area contributed by atoms with Crippen molar-refractivity contribution in [2.24, 2.45) is 0 Å². The number of hydrogen-bond donors (Lipinski definition) is 1. The van der Waals surface area contributed by atoms with Gasteiger partial charge in [0.1, 0.15) is 0 Å². The van der Waals surface area contributed by atoms with Gasteiger partial charge in [-0.15, -0.1) is 6.58 Å².